The van der Waals surface area contributed by atoms with E-state index in [1.807, 2.05) is 16.9 Å². The summed E-state index contributed by atoms with van der Waals surface area (Å²) in [5, 5.41) is 2.56. The first kappa shape index (κ1) is 20.6. The summed E-state index contributed by atoms with van der Waals surface area (Å²) in [6.07, 6.45) is 7.27. The predicted molar refractivity (Wildman–Crippen MR) is 114 cm³/mol. The molecule has 30 heavy (non-hydrogen) atoms. The zero-order valence-electron chi connectivity index (χ0n) is 15.7. The lowest BCUT2D eigenvalue weighted by Crippen LogP contribution is -2.37. The van der Waals surface area contributed by atoms with E-state index in [0.717, 1.165) is 39.6 Å². The Kier molecular flexibility index (Phi) is 5.43. The highest BCUT2D eigenvalue weighted by Crippen LogP contribution is 2.30. The summed E-state index contributed by atoms with van der Waals surface area (Å²) >= 11 is 7.52. The SMILES string of the molecule is CS(=O)(=O)NC(=O)CSc1nc(N)nc(-c2c(Cl)cc3c4c2CC=CC=4COC=3)n1. The number of hydrogen-bond donors (Lipinski definition) is 2. The molecule has 0 fully saturated rings. The third-order valence-corrected chi connectivity index (χ3v) is 6.06. The van der Waals surface area contributed by atoms with Gasteiger partial charge in [-0.3, -0.25) is 9.52 Å². The van der Waals surface area contributed by atoms with E-state index in [4.69, 9.17) is 22.1 Å². The standard InChI is InChI=1S/C18H16ClN5O4S2/c1-30(26,27)24-13(25)8-29-18-22-16(21-17(20)23-18)15-11-4-2-3-9-6-28-7-10(14(9)11)5-12(15)19/h2-3,5,7H,4,6,8H2,1H3,(H,24,25)(H2,20,21,22,23). The number of sulfonamides is 1. The van der Waals surface area contributed by atoms with Crippen LogP contribution in [0.5, 0.6) is 0 Å². The minimum absolute atomic E-state index is 0.0301. The third kappa shape index (κ3) is 4.27. The lowest BCUT2D eigenvalue weighted by molar-refractivity contribution is -0.116. The zero-order valence-corrected chi connectivity index (χ0v) is 18.1. The number of carbonyl (C=O) groups excluding carboxylic acids is 1. The Morgan fingerprint density at radius 3 is 2.93 bits per heavy atom. The van der Waals surface area contributed by atoms with Crippen molar-refractivity contribution in [3.8, 4) is 11.4 Å². The lowest BCUT2D eigenvalue weighted by atomic mass is 9.92. The molecule has 2 heterocycles. The number of aromatic nitrogens is 3. The molecular weight excluding hydrogens is 450 g/mol. The molecule has 0 unspecified atom stereocenters. The maximum Gasteiger partial charge on any atom is 0.243 e. The highest BCUT2D eigenvalue weighted by molar-refractivity contribution is 8.00. The minimum Gasteiger partial charge on any atom is -0.496 e. The average molecular weight is 466 g/mol. The molecule has 1 aliphatic heterocycles. The Labute approximate surface area is 181 Å². The summed E-state index contributed by atoms with van der Waals surface area (Å²) in [6, 6.07) is 1.79. The van der Waals surface area contributed by atoms with Gasteiger partial charge >= 0.3 is 0 Å². The van der Waals surface area contributed by atoms with Gasteiger partial charge in [-0.2, -0.15) is 9.97 Å². The highest BCUT2D eigenvalue weighted by atomic mass is 35.5. The number of amides is 1. The van der Waals surface area contributed by atoms with Crippen molar-refractivity contribution in [1.29, 1.82) is 0 Å². The van der Waals surface area contributed by atoms with E-state index in [0.29, 0.717) is 23.6 Å². The zero-order chi connectivity index (χ0) is 21.5. The first-order chi connectivity index (χ1) is 14.2. The number of allylic oxidation sites excluding steroid dienone is 1. The molecule has 0 atom stereocenters. The molecular formula is C18H16ClN5O4S2. The summed E-state index contributed by atoms with van der Waals surface area (Å²) in [5.41, 5.74) is 8.51. The molecule has 0 spiro atoms. The molecule has 0 radical (unpaired) electrons. The number of carbonyl (C=O) groups is 1. The summed E-state index contributed by atoms with van der Waals surface area (Å²) in [7, 11) is -3.64. The highest BCUT2D eigenvalue weighted by Gasteiger charge is 2.21. The van der Waals surface area contributed by atoms with Crippen LogP contribution in [0.4, 0.5) is 5.95 Å². The Morgan fingerprint density at radius 2 is 2.17 bits per heavy atom. The van der Waals surface area contributed by atoms with Crippen molar-refractivity contribution in [3.05, 3.63) is 39.2 Å². The van der Waals surface area contributed by atoms with Crippen molar-refractivity contribution < 1.29 is 17.9 Å². The van der Waals surface area contributed by atoms with Crippen molar-refractivity contribution in [2.45, 2.75) is 11.6 Å². The van der Waals surface area contributed by atoms with Crippen molar-refractivity contribution in [1.82, 2.24) is 19.7 Å². The van der Waals surface area contributed by atoms with E-state index in [-0.39, 0.29) is 22.7 Å². The number of nitrogens with one attached hydrogen (secondary N) is 1. The second-order valence-corrected chi connectivity index (χ2v) is 9.72. The van der Waals surface area contributed by atoms with Gasteiger partial charge in [-0.1, -0.05) is 35.5 Å². The van der Waals surface area contributed by atoms with E-state index in [9.17, 15) is 13.2 Å². The number of nitrogens with two attached hydrogens (primary N) is 1. The van der Waals surface area contributed by atoms with Gasteiger partial charge in [0.15, 0.2) is 11.0 Å². The van der Waals surface area contributed by atoms with Gasteiger partial charge in [0.1, 0.15) is 6.61 Å². The summed E-state index contributed by atoms with van der Waals surface area (Å²) in [5.74, 6) is -0.631. The number of anilines is 1. The van der Waals surface area contributed by atoms with E-state index >= 15 is 0 Å². The Balaban J connectivity index is 1.74. The Hall–Kier alpha value is -2.63. The molecule has 0 bridgehead atoms. The van der Waals surface area contributed by atoms with Crippen molar-refractivity contribution in [3.63, 3.8) is 0 Å². The van der Waals surface area contributed by atoms with Crippen LogP contribution in [-0.4, -0.2) is 47.9 Å². The topological polar surface area (TPSA) is 137 Å². The fraction of sp³-hybridized carbons (Fsp3) is 0.222. The molecule has 0 saturated carbocycles. The Morgan fingerprint density at radius 1 is 1.37 bits per heavy atom. The summed E-state index contributed by atoms with van der Waals surface area (Å²) < 4.78 is 29.7. The van der Waals surface area contributed by atoms with Gasteiger partial charge in [0, 0.05) is 10.8 Å². The molecule has 2 aliphatic rings. The van der Waals surface area contributed by atoms with E-state index in [1.54, 1.807) is 12.3 Å². The Bertz CT molecular complexity index is 1330. The monoisotopic (exact) mass is 465 g/mol. The van der Waals surface area contributed by atoms with Gasteiger partial charge < -0.3 is 10.5 Å². The molecule has 1 aromatic heterocycles. The minimum atomic E-state index is -3.64. The quantitative estimate of drug-likeness (QED) is 0.583. The van der Waals surface area contributed by atoms with Crippen molar-refractivity contribution in [2.24, 2.45) is 0 Å². The van der Waals surface area contributed by atoms with Crippen molar-refractivity contribution in [2.75, 3.05) is 24.3 Å². The number of nitrogens with zero attached hydrogens (tertiary/aromatic N) is 3. The van der Waals surface area contributed by atoms with Gasteiger partial charge in [0.25, 0.3) is 0 Å². The van der Waals surface area contributed by atoms with E-state index in [2.05, 4.69) is 15.0 Å². The van der Waals surface area contributed by atoms with E-state index < -0.39 is 15.9 Å². The molecule has 0 saturated heterocycles. The number of hydrogen-bond acceptors (Lipinski definition) is 9. The van der Waals surface area contributed by atoms with Crippen LogP contribution < -0.4 is 20.9 Å². The first-order valence-corrected chi connectivity index (χ1v) is 11.9. The second-order valence-electron chi connectivity index (χ2n) is 6.62. The maximum absolute atomic E-state index is 11.8. The van der Waals surface area contributed by atoms with Crippen LogP contribution in [0.2, 0.25) is 5.02 Å². The molecule has 3 N–H and O–H groups in total. The van der Waals surface area contributed by atoms with Crippen LogP contribution in [0.15, 0.2) is 23.4 Å². The fourth-order valence-electron chi connectivity index (χ4n) is 3.30. The summed E-state index contributed by atoms with van der Waals surface area (Å²) in [4.78, 5) is 24.5. The van der Waals surface area contributed by atoms with Gasteiger partial charge in [0.05, 0.1) is 23.3 Å². The van der Waals surface area contributed by atoms with E-state index in [1.165, 1.54) is 0 Å². The number of nitrogen functional groups attached to an aromatic ring is 1. The van der Waals surface area contributed by atoms with Crippen LogP contribution >= 0.6 is 23.4 Å². The third-order valence-electron chi connectivity index (χ3n) is 4.31. The normalized spacial score (nSPS) is 14.5. The number of thioether (sulfide) groups is 1. The van der Waals surface area contributed by atoms with Crippen LogP contribution in [0.3, 0.4) is 0 Å². The maximum atomic E-state index is 11.8. The summed E-state index contributed by atoms with van der Waals surface area (Å²) in [6.45, 7) is 0.466. The first-order valence-electron chi connectivity index (χ1n) is 8.69. The molecule has 156 valence electrons. The number of halogens is 1. The number of rotatable bonds is 5. The molecule has 2 aromatic rings. The molecule has 1 aliphatic carbocycles. The smallest absolute Gasteiger partial charge is 0.243 e. The van der Waals surface area contributed by atoms with Crippen LogP contribution in [0, 0.1) is 0 Å². The van der Waals surface area contributed by atoms with Crippen LogP contribution in [0.25, 0.3) is 23.2 Å². The molecule has 1 aromatic carbocycles. The molecule has 9 nitrogen and oxygen atoms in total. The largest absolute Gasteiger partial charge is 0.496 e. The molecule has 4 rings (SSSR count). The number of benzene rings is 1. The predicted octanol–water partition coefficient (Wildman–Crippen LogP) is -0.0267. The van der Waals surface area contributed by atoms with Crippen molar-refractivity contribution >= 4 is 57.1 Å². The van der Waals surface area contributed by atoms with Crippen LogP contribution in [0.1, 0.15) is 5.56 Å². The van der Waals surface area contributed by atoms with Gasteiger partial charge in [-0.25, -0.2) is 13.4 Å². The second kappa shape index (κ2) is 7.89. The average Bonchev–Trinajstić information content (AvgIpc) is 2.65. The fourth-order valence-corrected chi connectivity index (χ4v) is 4.84. The van der Waals surface area contributed by atoms with Crippen LogP contribution in [-0.2, 0) is 26.0 Å². The van der Waals surface area contributed by atoms with Gasteiger partial charge in [-0.15, -0.1) is 0 Å². The molecule has 1 amide bonds. The van der Waals surface area contributed by atoms with Gasteiger partial charge in [0.2, 0.25) is 21.9 Å². The molecule has 12 heteroatoms. The van der Waals surface area contributed by atoms with Gasteiger partial charge in [-0.05, 0) is 28.8 Å². The number of ether oxygens (including phenoxy) is 1. The lowest BCUT2D eigenvalue weighted by Gasteiger charge is -2.19.